The van der Waals surface area contributed by atoms with Gasteiger partial charge in [0.05, 0.1) is 12.3 Å². The maximum atomic E-state index is 13.7. The Morgan fingerprint density at radius 1 is 1.13 bits per heavy atom. The van der Waals surface area contributed by atoms with E-state index >= 15 is 0 Å². The second-order valence-electron chi connectivity index (χ2n) is 7.67. The van der Waals surface area contributed by atoms with E-state index in [1.807, 2.05) is 19.2 Å². The number of nitrogens with one attached hydrogen (secondary N) is 3. The van der Waals surface area contributed by atoms with Crippen molar-refractivity contribution in [3.8, 4) is 0 Å². The van der Waals surface area contributed by atoms with Crippen LogP contribution >= 0.6 is 0 Å². The van der Waals surface area contributed by atoms with Gasteiger partial charge in [-0.15, -0.1) is 0 Å². The molecule has 166 valence electrons. The van der Waals surface area contributed by atoms with E-state index in [-0.39, 0.29) is 12.3 Å². The Balaban J connectivity index is 1.70. The number of sulfone groups is 1. The third-order valence-electron chi connectivity index (χ3n) is 5.02. The molecule has 0 saturated heterocycles. The van der Waals surface area contributed by atoms with Gasteiger partial charge in [-0.2, -0.15) is 0 Å². The standard InChI is InChI=1S/C23H29FN4O2S/c1-4-25-23(26-11-10-17-13-27-21-7-5-6-16(2)22(17)21)28-14-19-12-20(24)9-8-18(19)15-31(3,29)30/h5-9,12-13,27H,4,10-11,14-15H2,1-3H3,(H2,25,26,28). The Labute approximate surface area is 182 Å². The summed E-state index contributed by atoms with van der Waals surface area (Å²) in [6.45, 7) is 5.61. The first kappa shape index (κ1) is 22.8. The zero-order chi connectivity index (χ0) is 22.4. The number of aromatic amines is 1. The van der Waals surface area contributed by atoms with Crippen LogP contribution in [-0.2, 0) is 28.6 Å². The Kier molecular flexibility index (Phi) is 7.33. The highest BCUT2D eigenvalue weighted by molar-refractivity contribution is 7.89. The molecule has 8 heteroatoms. The van der Waals surface area contributed by atoms with Gasteiger partial charge in [0.15, 0.2) is 15.8 Å². The summed E-state index contributed by atoms with van der Waals surface area (Å²) in [7, 11) is -3.23. The smallest absolute Gasteiger partial charge is 0.191 e. The van der Waals surface area contributed by atoms with Crippen molar-refractivity contribution >= 4 is 26.7 Å². The Morgan fingerprint density at radius 3 is 2.68 bits per heavy atom. The van der Waals surface area contributed by atoms with E-state index in [0.29, 0.717) is 30.2 Å². The Morgan fingerprint density at radius 2 is 1.94 bits per heavy atom. The summed E-state index contributed by atoms with van der Waals surface area (Å²) < 4.78 is 37.1. The lowest BCUT2D eigenvalue weighted by Gasteiger charge is -2.12. The highest BCUT2D eigenvalue weighted by Crippen LogP contribution is 2.22. The van der Waals surface area contributed by atoms with Crippen LogP contribution in [0, 0.1) is 12.7 Å². The number of hydrogen-bond donors (Lipinski definition) is 3. The third kappa shape index (κ3) is 6.30. The number of aryl methyl sites for hydroxylation is 1. The second kappa shape index (κ2) is 9.96. The first-order chi connectivity index (χ1) is 14.8. The predicted octanol–water partition coefficient (Wildman–Crippen LogP) is 3.46. The molecule has 0 unspecified atom stereocenters. The van der Waals surface area contributed by atoms with Crippen molar-refractivity contribution in [1.29, 1.82) is 0 Å². The number of nitrogens with zero attached hydrogens (tertiary/aromatic N) is 1. The van der Waals surface area contributed by atoms with E-state index in [0.717, 1.165) is 11.9 Å². The molecule has 2 aromatic carbocycles. The molecule has 31 heavy (non-hydrogen) atoms. The van der Waals surface area contributed by atoms with Gasteiger partial charge in [0.1, 0.15) is 5.82 Å². The fourth-order valence-corrected chi connectivity index (χ4v) is 4.48. The molecule has 0 amide bonds. The maximum absolute atomic E-state index is 13.7. The summed E-state index contributed by atoms with van der Waals surface area (Å²) >= 11 is 0. The molecule has 3 rings (SSSR count). The van der Waals surface area contributed by atoms with Gasteiger partial charge in [-0.25, -0.2) is 17.8 Å². The molecule has 1 aromatic heterocycles. The van der Waals surface area contributed by atoms with Crippen molar-refractivity contribution < 1.29 is 12.8 Å². The van der Waals surface area contributed by atoms with E-state index in [4.69, 9.17) is 0 Å². The summed E-state index contributed by atoms with van der Waals surface area (Å²) in [4.78, 5) is 7.85. The molecule has 6 nitrogen and oxygen atoms in total. The summed E-state index contributed by atoms with van der Waals surface area (Å²) in [5, 5.41) is 7.74. The number of rotatable bonds is 8. The number of aromatic nitrogens is 1. The largest absolute Gasteiger partial charge is 0.361 e. The number of H-pyrrole nitrogens is 1. The van der Waals surface area contributed by atoms with Crippen molar-refractivity contribution in [1.82, 2.24) is 15.6 Å². The lowest BCUT2D eigenvalue weighted by Crippen LogP contribution is -2.38. The van der Waals surface area contributed by atoms with Crippen molar-refractivity contribution in [3.63, 3.8) is 0 Å². The minimum Gasteiger partial charge on any atom is -0.361 e. The molecular formula is C23H29FN4O2S. The van der Waals surface area contributed by atoms with E-state index in [1.165, 1.54) is 41.0 Å². The predicted molar refractivity (Wildman–Crippen MR) is 125 cm³/mol. The number of fused-ring (bicyclic) bond motifs is 1. The van der Waals surface area contributed by atoms with Crippen molar-refractivity contribution in [3.05, 3.63) is 70.7 Å². The van der Waals surface area contributed by atoms with Crippen molar-refractivity contribution in [2.45, 2.75) is 32.6 Å². The second-order valence-corrected chi connectivity index (χ2v) is 9.81. The zero-order valence-electron chi connectivity index (χ0n) is 18.1. The first-order valence-corrected chi connectivity index (χ1v) is 12.4. The number of halogens is 1. The van der Waals surface area contributed by atoms with Crippen molar-refractivity contribution in [2.75, 3.05) is 19.3 Å². The number of aliphatic imine (C=N–C) groups is 1. The van der Waals surface area contributed by atoms with Crippen LogP contribution in [0.3, 0.4) is 0 Å². The van der Waals surface area contributed by atoms with Gasteiger partial charge in [-0.3, -0.25) is 0 Å². The molecule has 0 bridgehead atoms. The normalized spacial score (nSPS) is 12.3. The van der Waals surface area contributed by atoms with Crippen LogP contribution in [0.25, 0.3) is 10.9 Å². The highest BCUT2D eigenvalue weighted by Gasteiger charge is 2.11. The van der Waals surface area contributed by atoms with E-state index in [1.54, 1.807) is 0 Å². The number of benzene rings is 2. The quantitative estimate of drug-likeness (QED) is 0.367. The molecule has 0 aliphatic rings. The van der Waals surface area contributed by atoms with Crippen LogP contribution in [0.1, 0.15) is 29.2 Å². The molecule has 0 saturated carbocycles. The van der Waals surface area contributed by atoms with Gasteiger partial charge >= 0.3 is 0 Å². The maximum Gasteiger partial charge on any atom is 0.191 e. The number of guanidine groups is 1. The Hall–Kier alpha value is -2.87. The topological polar surface area (TPSA) is 86.3 Å². The number of hydrogen-bond acceptors (Lipinski definition) is 3. The van der Waals surface area contributed by atoms with Crippen LogP contribution in [0.4, 0.5) is 4.39 Å². The molecule has 3 aromatic rings. The molecule has 0 fully saturated rings. The lowest BCUT2D eigenvalue weighted by atomic mass is 10.1. The summed E-state index contributed by atoms with van der Waals surface area (Å²) in [5.41, 5.74) is 4.73. The van der Waals surface area contributed by atoms with Gasteiger partial charge < -0.3 is 15.6 Å². The first-order valence-electron chi connectivity index (χ1n) is 10.3. The average Bonchev–Trinajstić information content (AvgIpc) is 3.11. The molecule has 1 heterocycles. The average molecular weight is 445 g/mol. The van der Waals surface area contributed by atoms with Gasteiger partial charge in [-0.05, 0) is 60.7 Å². The van der Waals surface area contributed by atoms with Crippen LogP contribution < -0.4 is 10.6 Å². The van der Waals surface area contributed by atoms with Gasteiger partial charge in [0.25, 0.3) is 0 Å². The lowest BCUT2D eigenvalue weighted by molar-refractivity contribution is 0.600. The fourth-order valence-electron chi connectivity index (χ4n) is 3.63. The monoisotopic (exact) mass is 444 g/mol. The summed E-state index contributed by atoms with van der Waals surface area (Å²) in [6, 6.07) is 10.4. The molecular weight excluding hydrogens is 415 g/mol. The molecule has 0 aliphatic heterocycles. The van der Waals surface area contributed by atoms with Gasteiger partial charge in [0.2, 0.25) is 0 Å². The highest BCUT2D eigenvalue weighted by atomic mass is 32.2. The van der Waals surface area contributed by atoms with Crippen LogP contribution in [0.2, 0.25) is 0 Å². The molecule has 3 N–H and O–H groups in total. The minimum atomic E-state index is -3.23. The van der Waals surface area contributed by atoms with Crippen LogP contribution in [0.5, 0.6) is 0 Å². The van der Waals surface area contributed by atoms with E-state index in [9.17, 15) is 12.8 Å². The van der Waals surface area contributed by atoms with Crippen LogP contribution in [0.15, 0.2) is 47.6 Å². The van der Waals surface area contributed by atoms with Crippen LogP contribution in [-0.4, -0.2) is 38.7 Å². The molecule has 0 aliphatic carbocycles. The van der Waals surface area contributed by atoms with E-state index in [2.05, 4.69) is 39.7 Å². The van der Waals surface area contributed by atoms with Crippen molar-refractivity contribution in [2.24, 2.45) is 4.99 Å². The molecule has 0 radical (unpaired) electrons. The fraction of sp³-hybridized carbons (Fsp3) is 0.348. The van der Waals surface area contributed by atoms with Gasteiger partial charge in [-0.1, -0.05) is 18.2 Å². The Bertz CT molecular complexity index is 1190. The van der Waals surface area contributed by atoms with Gasteiger partial charge in [0, 0.05) is 36.4 Å². The third-order valence-corrected chi connectivity index (χ3v) is 5.86. The summed E-state index contributed by atoms with van der Waals surface area (Å²) in [5.74, 6) is 0.0610. The summed E-state index contributed by atoms with van der Waals surface area (Å²) in [6.07, 6.45) is 4.02. The molecule has 0 spiro atoms. The molecule has 0 atom stereocenters. The zero-order valence-corrected chi connectivity index (χ0v) is 18.9. The SMILES string of the molecule is CCNC(=NCc1cc(F)ccc1CS(C)(=O)=O)NCCc1c[nH]c2cccc(C)c12. The van der Waals surface area contributed by atoms with E-state index < -0.39 is 15.7 Å². The minimum absolute atomic E-state index is 0.137.